The predicted molar refractivity (Wildman–Crippen MR) is 127 cm³/mol. The maximum absolute atomic E-state index is 4.64. The fraction of sp³-hybridized carbons (Fsp3) is 0.115. The van der Waals surface area contributed by atoms with Gasteiger partial charge in [0.1, 0.15) is 0 Å². The Kier molecular flexibility index (Phi) is 7.40. The number of benzene rings is 3. The molecule has 0 aliphatic heterocycles. The van der Waals surface area contributed by atoms with Crippen molar-refractivity contribution in [2.45, 2.75) is 16.0 Å². The van der Waals surface area contributed by atoms with Crippen molar-refractivity contribution in [2.75, 3.05) is 0 Å². The van der Waals surface area contributed by atoms with E-state index < -0.39 is 0 Å². The number of halogens is 2. The van der Waals surface area contributed by atoms with Crippen molar-refractivity contribution >= 4 is 41.7 Å². The van der Waals surface area contributed by atoms with E-state index in [1.807, 2.05) is 12.3 Å². The summed E-state index contributed by atoms with van der Waals surface area (Å²) in [4.78, 5) is 4.64. The van der Waals surface area contributed by atoms with E-state index in [1.165, 1.54) is 33.2 Å². The van der Waals surface area contributed by atoms with Gasteiger partial charge in [-0.25, -0.2) is 0 Å². The molecule has 3 aromatic carbocycles. The Hall–Kier alpha value is -2.08. The molecule has 1 unspecified atom stereocenters. The molecule has 1 nitrogen and oxygen atoms in total. The van der Waals surface area contributed by atoms with E-state index in [0.717, 1.165) is 11.7 Å². The van der Waals surface area contributed by atoms with Gasteiger partial charge in [-0.3, -0.25) is 0 Å². The zero-order valence-electron chi connectivity index (χ0n) is 16.4. The Balaban J connectivity index is 0.00000128. The molecule has 152 valence electrons. The molecule has 1 aliphatic rings. The van der Waals surface area contributed by atoms with Crippen LogP contribution >= 0.6 is 24.8 Å². The minimum Gasteiger partial charge on any atom is -0.147 e. The van der Waals surface area contributed by atoms with Gasteiger partial charge in [0.05, 0.1) is 0 Å². The van der Waals surface area contributed by atoms with Gasteiger partial charge in [0.25, 0.3) is 0 Å². The number of hydrogen-bond donors (Lipinski definition) is 0. The van der Waals surface area contributed by atoms with Crippen molar-refractivity contribution in [3.63, 3.8) is 0 Å². The number of hydrogen-bond acceptors (Lipinski definition) is 1. The fourth-order valence-electron chi connectivity index (χ4n) is 4.07. The third-order valence-corrected chi connectivity index (χ3v) is 7.78. The third kappa shape index (κ3) is 4.34. The van der Waals surface area contributed by atoms with Gasteiger partial charge in [0.15, 0.2) is 0 Å². The number of pyridine rings is 1. The van der Waals surface area contributed by atoms with Gasteiger partial charge < -0.3 is 0 Å². The van der Waals surface area contributed by atoms with Crippen LogP contribution in [0.25, 0.3) is 16.8 Å². The summed E-state index contributed by atoms with van der Waals surface area (Å²) in [6.45, 7) is 0. The number of nitrogens with zero attached hydrogens (tertiary/aromatic N) is 1. The van der Waals surface area contributed by atoms with E-state index in [4.69, 9.17) is 0 Å². The molecule has 0 spiro atoms. The molecule has 4 heteroatoms. The molecule has 1 aromatic heterocycles. The molecule has 1 heterocycles. The molecule has 0 saturated carbocycles. The molecule has 0 fully saturated rings. The second-order valence-electron chi connectivity index (χ2n) is 7.23. The van der Waals surface area contributed by atoms with Gasteiger partial charge in [-0.2, -0.15) is 0 Å². The zero-order chi connectivity index (χ0) is 18.8. The molecule has 5 rings (SSSR count). The average Bonchev–Trinajstić information content (AvgIpc) is 3.12. The molecule has 1 aliphatic carbocycles. The van der Waals surface area contributed by atoms with Crippen molar-refractivity contribution in [1.29, 1.82) is 0 Å². The van der Waals surface area contributed by atoms with Crippen LogP contribution < -0.4 is 0 Å². The quantitative estimate of drug-likeness (QED) is 0.311. The SMILES string of the molecule is C1=C[C](Cc2ccccn2)([Cr][CH2]c2cccc3ccccc23)c2ccccc21.Cl.Cl. The van der Waals surface area contributed by atoms with Gasteiger partial charge in [0.2, 0.25) is 0 Å². The standard InChI is InChI=1S/C15H12N.C11H9.2ClH.Cr/c1-2-7-15-12(5-1)8-9-13(15)11-14-6-3-4-10-16-14;1-9-5-4-7-10-6-2-3-8-11(9)10;;;/h1-10H,11H2;2-8H,1H2;2*1H;. The number of rotatable bonds is 5. The predicted octanol–water partition coefficient (Wildman–Crippen LogP) is 6.83. The van der Waals surface area contributed by atoms with Crippen LogP contribution in [-0.2, 0) is 31.2 Å². The van der Waals surface area contributed by atoms with E-state index in [-0.39, 0.29) is 29.1 Å². The van der Waals surface area contributed by atoms with E-state index in [1.54, 1.807) is 0 Å². The minimum absolute atomic E-state index is 0. The molecule has 4 aromatic rings. The van der Waals surface area contributed by atoms with Crippen LogP contribution in [0.1, 0.15) is 22.4 Å². The van der Waals surface area contributed by atoms with Crippen LogP contribution in [0.2, 0.25) is 0 Å². The van der Waals surface area contributed by atoms with Gasteiger partial charge in [-0.15, -0.1) is 24.8 Å². The normalized spacial score (nSPS) is 16.5. The summed E-state index contributed by atoms with van der Waals surface area (Å²) < 4.78 is 0.0644. The van der Waals surface area contributed by atoms with E-state index in [2.05, 4.69) is 96.0 Å². The molecule has 0 bridgehead atoms. The van der Waals surface area contributed by atoms with Crippen molar-refractivity contribution in [3.05, 3.63) is 120 Å². The van der Waals surface area contributed by atoms with Crippen LogP contribution in [0.15, 0.2) is 97.2 Å². The van der Waals surface area contributed by atoms with E-state index in [0.29, 0.717) is 15.2 Å². The smallest absolute Gasteiger partial charge is 0.147 e. The summed E-state index contributed by atoms with van der Waals surface area (Å²) in [6, 6.07) is 30.5. The Labute approximate surface area is 196 Å². The van der Waals surface area contributed by atoms with Crippen LogP contribution in [0.3, 0.4) is 0 Å². The van der Waals surface area contributed by atoms with Gasteiger partial charge in [-0.05, 0) is 0 Å². The summed E-state index contributed by atoms with van der Waals surface area (Å²) in [5, 5.41) is 3.83. The molecule has 0 N–H and O–H groups in total. The van der Waals surface area contributed by atoms with E-state index >= 15 is 0 Å². The summed E-state index contributed by atoms with van der Waals surface area (Å²) in [7, 11) is 0. The molecule has 30 heavy (non-hydrogen) atoms. The first-order valence-electron chi connectivity index (χ1n) is 9.63. The summed E-state index contributed by atoms with van der Waals surface area (Å²) in [5.41, 5.74) is 5.44. The van der Waals surface area contributed by atoms with Gasteiger partial charge in [0, 0.05) is 0 Å². The molecule has 0 radical (unpaired) electrons. The first-order valence-corrected chi connectivity index (χ1v) is 11.2. The first kappa shape index (κ1) is 22.6. The van der Waals surface area contributed by atoms with E-state index in [9.17, 15) is 0 Å². The summed E-state index contributed by atoms with van der Waals surface area (Å²) >= 11 is 0.373. The molecular weight excluding hydrogens is 449 g/mol. The molecule has 0 saturated heterocycles. The maximum Gasteiger partial charge on any atom is -0.147 e. The average molecular weight is 472 g/mol. The monoisotopic (exact) mass is 471 g/mol. The first-order chi connectivity index (χ1) is 13.8. The number of fused-ring (bicyclic) bond motifs is 2. The second-order valence-corrected chi connectivity index (χ2v) is 9.27. The Bertz CT molecular complexity index is 1150. The molecule has 0 amide bonds. The van der Waals surface area contributed by atoms with Gasteiger partial charge >= 0.3 is 173 Å². The van der Waals surface area contributed by atoms with Crippen molar-refractivity contribution in [2.24, 2.45) is 0 Å². The number of aromatic nitrogens is 1. The third-order valence-electron chi connectivity index (χ3n) is 5.48. The molecular formula is C26H23Cl2CrN. The topological polar surface area (TPSA) is 12.9 Å². The van der Waals surface area contributed by atoms with Crippen LogP contribution in [-0.4, -0.2) is 4.98 Å². The van der Waals surface area contributed by atoms with Crippen LogP contribution in [0, 0.1) is 0 Å². The largest absolute Gasteiger partial charge is 0.147 e. The Morgan fingerprint density at radius 2 is 1.53 bits per heavy atom. The fourth-order valence-corrected chi connectivity index (χ4v) is 6.29. The van der Waals surface area contributed by atoms with Crippen molar-refractivity contribution in [3.8, 4) is 0 Å². The molecule has 1 atom stereocenters. The van der Waals surface area contributed by atoms with Crippen LogP contribution in [0.4, 0.5) is 0 Å². The summed E-state index contributed by atoms with van der Waals surface area (Å²) in [5.74, 6) is 0. The minimum atomic E-state index is 0. The second kappa shape index (κ2) is 9.82. The maximum atomic E-state index is 4.64. The van der Waals surface area contributed by atoms with Crippen LogP contribution in [0.5, 0.6) is 0 Å². The Morgan fingerprint density at radius 3 is 2.40 bits per heavy atom. The summed E-state index contributed by atoms with van der Waals surface area (Å²) in [6.07, 6.45) is 7.62. The van der Waals surface area contributed by atoms with Crippen molar-refractivity contribution in [1.82, 2.24) is 4.98 Å². The zero-order valence-corrected chi connectivity index (χ0v) is 19.3. The number of allylic oxidation sites excluding steroid dienone is 1. The van der Waals surface area contributed by atoms with Crippen molar-refractivity contribution < 1.29 is 15.2 Å². The van der Waals surface area contributed by atoms with Gasteiger partial charge in [-0.1, -0.05) is 0 Å². The Morgan fingerprint density at radius 1 is 0.767 bits per heavy atom.